The summed E-state index contributed by atoms with van der Waals surface area (Å²) in [7, 11) is 0. The molecule has 0 N–H and O–H groups in total. The van der Waals surface area contributed by atoms with Crippen LogP contribution in [0.5, 0.6) is 0 Å². The van der Waals surface area contributed by atoms with Crippen LogP contribution in [0.3, 0.4) is 0 Å². The van der Waals surface area contributed by atoms with Crippen molar-refractivity contribution >= 4 is 118 Å². The average molecular weight is 2180 g/mol. The molecular formula is C94H31F36N8Na4S4+5. The van der Waals surface area contributed by atoms with Gasteiger partial charge in [0, 0.05) is 59.7 Å². The van der Waals surface area contributed by atoms with Gasteiger partial charge in [-0.2, -0.15) is 18.3 Å². The predicted octanol–water partition coefficient (Wildman–Crippen LogP) is 7.50. The molecule has 52 heteroatoms. The van der Waals surface area contributed by atoms with Crippen molar-refractivity contribution in [2.75, 3.05) is 12.5 Å². The third-order valence-electron chi connectivity index (χ3n) is 26.2. The minimum atomic E-state index is -2.88. The van der Waals surface area contributed by atoms with Crippen LogP contribution in [0.15, 0.2) is 130 Å². The van der Waals surface area contributed by atoms with E-state index in [0.29, 0.717) is 32.1 Å². The molecule has 0 fully saturated rings. The van der Waals surface area contributed by atoms with Crippen LogP contribution in [-0.2, 0) is 38.8 Å². The van der Waals surface area contributed by atoms with Gasteiger partial charge in [0.1, 0.15) is 0 Å². The van der Waals surface area contributed by atoms with Gasteiger partial charge in [-0.3, -0.25) is 0 Å². The molecule has 0 amide bonds. The summed E-state index contributed by atoms with van der Waals surface area (Å²) in [5.74, 6) is -89.0. The van der Waals surface area contributed by atoms with E-state index in [9.17, 15) is 17.6 Å². The van der Waals surface area contributed by atoms with Crippen LogP contribution in [0.1, 0.15) is 79.8 Å². The number of thiol groups is 2. The minimum absolute atomic E-state index is 0. The number of hydrogen-bond donors (Lipinski definition) is 0. The van der Waals surface area contributed by atoms with Crippen LogP contribution >= 0.6 is 23.5 Å². The topological polar surface area (TPSA) is 31.8 Å². The predicted molar refractivity (Wildman–Crippen MR) is 436 cm³/mol. The van der Waals surface area contributed by atoms with E-state index in [0.717, 1.165) is 128 Å². The van der Waals surface area contributed by atoms with Crippen molar-refractivity contribution in [1.82, 2.24) is 18.3 Å². The fraction of sp³-hybridized carbons (Fsp3) is 0.0638. The van der Waals surface area contributed by atoms with Crippen LogP contribution in [-0.4, -0.2) is 71.9 Å². The molecule has 722 valence electrons. The fourth-order valence-corrected chi connectivity index (χ4v) is 21.8. The van der Waals surface area contributed by atoms with Crippen molar-refractivity contribution in [3.05, 3.63) is 429 Å². The molecule has 146 heavy (non-hydrogen) atoms. The maximum Gasteiger partial charge on any atom is 1.00 e. The van der Waals surface area contributed by atoms with Gasteiger partial charge in [-0.05, 0) is 74.9 Å². The van der Waals surface area contributed by atoms with Crippen molar-refractivity contribution < 1.29 is 296 Å². The summed E-state index contributed by atoms with van der Waals surface area (Å²) in [6.07, 6.45) is 9.46. The van der Waals surface area contributed by atoms with E-state index in [4.69, 9.17) is 0 Å². The molecule has 12 aliphatic heterocycles. The molecule has 12 aliphatic rings. The Hall–Kier alpha value is -10.2. The number of halogens is 36. The van der Waals surface area contributed by atoms with Gasteiger partial charge in [-0.1, -0.05) is 18.3 Å². The van der Waals surface area contributed by atoms with Crippen LogP contribution < -0.4 is 140 Å². The van der Waals surface area contributed by atoms with Crippen molar-refractivity contribution in [3.63, 3.8) is 0 Å². The zero-order valence-corrected chi connectivity index (χ0v) is 84.6. The fourth-order valence-electron chi connectivity index (χ4n) is 20.7. The molecule has 2 spiro atoms. The van der Waals surface area contributed by atoms with E-state index in [1.54, 1.807) is 0 Å². The molecule has 1 unspecified atom stereocenters. The summed E-state index contributed by atoms with van der Waals surface area (Å²) in [5, 5.41) is -2.68. The maximum absolute atomic E-state index is 16.7. The average Bonchev–Trinajstić information content (AvgIpc) is 1.48. The van der Waals surface area contributed by atoms with Crippen LogP contribution in [0, 0.1) is 223 Å². The van der Waals surface area contributed by atoms with Gasteiger partial charge in [-0.25, -0.2) is 158 Å². The van der Waals surface area contributed by atoms with Crippen molar-refractivity contribution in [3.8, 4) is 0 Å². The number of nitrogens with zero attached hydrogens (tertiary/aromatic N) is 8. The van der Waals surface area contributed by atoms with E-state index in [-0.39, 0.29) is 170 Å². The molecule has 4 aromatic heterocycles. The number of benzene rings is 8. The van der Waals surface area contributed by atoms with Gasteiger partial charge in [0.25, 0.3) is 0 Å². The third-order valence-corrected chi connectivity index (χ3v) is 27.7. The molecule has 24 rings (SSSR count). The summed E-state index contributed by atoms with van der Waals surface area (Å²) in [5.41, 5.74) is -31.1. The van der Waals surface area contributed by atoms with Gasteiger partial charge >= 0.3 is 130 Å². The van der Waals surface area contributed by atoms with E-state index < -0.39 is 421 Å². The molecule has 8 aromatic carbocycles. The Labute approximate surface area is 900 Å². The molecule has 0 saturated carbocycles. The molecule has 16 heterocycles. The molecule has 0 saturated heterocycles. The number of hydrogen-bond acceptors (Lipinski definition) is 4. The molecule has 0 bridgehead atoms. The minimum Gasteiger partial charge on any atom is -1.00 e. The Kier molecular flexibility index (Phi) is 26.2. The normalized spacial score (nSPS) is 16.6. The third kappa shape index (κ3) is 12.5. The summed E-state index contributed by atoms with van der Waals surface area (Å²) < 4.78 is 577. The first-order chi connectivity index (χ1) is 66.3. The van der Waals surface area contributed by atoms with Gasteiger partial charge in [0.05, 0.1) is 143 Å². The SMILES string of the molecule is CSc1c(F)c(F)c(C2=C3C=CC4=[N+]3C35n6c(ccc62)C(c2c(F)c(F)c(C)c(F)c2F)=C2C=CC(=[N+]23)C(c2c(F)c(F)c(C)c(F)c2F)=c2ccc(n25)=C4c2c(F)c(F)c(SC)c(F)c2F)c(F)c1F.Fc1c(F)c(F)c(C2=C3C=CC4=[N+]3C35n6c2ccc6C(c2c(F)c(F)c(F)c(F)c2F)=C2C=CC(=[N+]23)C(c2c(F)c(F)c(F)c(F)c2F)=c2ccc(n25)=C4c2c(F)c(F)c(F)c(F)c2F)c(F)c1F.[H-].[Na+].[Na+].[Na+].[Na+].[SH-].[SH-]. The maximum atomic E-state index is 16.7. The van der Waals surface area contributed by atoms with Crippen molar-refractivity contribution in [1.29, 1.82) is 0 Å². The molecule has 0 aliphatic carbocycles. The Morgan fingerprint density at radius 2 is 0.349 bits per heavy atom. The summed E-state index contributed by atoms with van der Waals surface area (Å²) >= 11 is 0.570. The number of allylic oxidation sites excluding steroid dienone is 8. The Balaban J connectivity index is 0.000000201. The Bertz CT molecular complexity index is 8670. The van der Waals surface area contributed by atoms with E-state index in [1.165, 1.54) is 0 Å². The monoisotopic (exact) mass is 2180 g/mol. The largest absolute Gasteiger partial charge is 1.00 e. The Morgan fingerprint density at radius 1 is 0.199 bits per heavy atom. The standard InChI is InChI=1S/C49H20F16N4S2.C45H8F20N4.4Na.2H2S.H/c1-13-31(50)35(54)27(36(55)32(13)51)23-15-5-6-16-24(28-37(56)33(52)14(2)34(53)38(28)57)18-8-10-20-26(30-41(60)45(64)48(71-4)46(65)42(30)61)22-12-11-21-25(29-39(58)43(62)47(70-3)44(63)40(29)59)19-9-7-17(23)67(19)49(66(15)16,68(18)20)69(21)22;46-25-21(26(47)34(55)41(62)33(25)54)17-9-1-2-10-18(22-27(48)35(56)42(63)36(57)28(22)49)12-5-6-14-20(24-31(52)39(60)44(65)40(61)32(24)53)16-8-7-15-19(23-29(50)37(58)43(64)38(59)30(23)51)13-4-3-11(17)67(13)45(66(9)10,68(12)14)69(15)16;;;;;;;/h5-12H,1-4H3;1-8H;;;;;2*1H2;/q2*+2;4*+1;;;-1/p-2. The number of rotatable bonds is 10. The van der Waals surface area contributed by atoms with Crippen molar-refractivity contribution in [2.45, 2.75) is 35.5 Å². The van der Waals surface area contributed by atoms with Crippen LogP contribution in [0.2, 0.25) is 0 Å². The van der Waals surface area contributed by atoms with Crippen molar-refractivity contribution in [2.24, 2.45) is 0 Å². The quantitative estimate of drug-likeness (QED) is 0.0208. The number of aromatic nitrogens is 4. The summed E-state index contributed by atoms with van der Waals surface area (Å²) in [6, 6.07) is 7.25. The Morgan fingerprint density at radius 3 is 0.521 bits per heavy atom. The summed E-state index contributed by atoms with van der Waals surface area (Å²) in [4.78, 5) is -2.23. The van der Waals surface area contributed by atoms with Gasteiger partial charge in [0.15, 0.2) is 186 Å². The molecular weight excluding hydrogens is 2150 g/mol. The zero-order valence-electron chi connectivity index (χ0n) is 74.1. The van der Waals surface area contributed by atoms with Gasteiger partial charge in [0.2, 0.25) is 68.9 Å². The molecule has 0 radical (unpaired) electrons. The first-order valence-electron chi connectivity index (χ1n) is 39.7. The second kappa shape index (κ2) is 35.8. The second-order valence-electron chi connectivity index (χ2n) is 32.3. The molecule has 1 atom stereocenters. The van der Waals surface area contributed by atoms with E-state index in [1.807, 2.05) is 0 Å². The smallest absolute Gasteiger partial charge is 1.00 e. The van der Waals surface area contributed by atoms with E-state index in [2.05, 4.69) is 0 Å². The zero-order chi connectivity index (χ0) is 99.9. The van der Waals surface area contributed by atoms with Gasteiger partial charge in [-0.15, -0.1) is 23.5 Å². The number of thioether (sulfide) groups is 2. The molecule has 8 nitrogen and oxygen atoms in total. The first kappa shape index (κ1) is 107. The van der Waals surface area contributed by atoms with Gasteiger partial charge < -0.3 is 28.4 Å². The van der Waals surface area contributed by atoms with E-state index >= 15 is 140 Å². The van der Waals surface area contributed by atoms with Crippen LogP contribution in [0.4, 0.5) is 158 Å². The second-order valence-corrected chi connectivity index (χ2v) is 34.0. The summed E-state index contributed by atoms with van der Waals surface area (Å²) in [6.45, 7) is 1.43. The first-order valence-corrected chi connectivity index (χ1v) is 42.1. The molecule has 12 aromatic rings. The van der Waals surface area contributed by atoms with Crippen LogP contribution in [0.25, 0.3) is 44.6 Å².